The van der Waals surface area contributed by atoms with Gasteiger partial charge in [0, 0.05) is 19.1 Å². The summed E-state index contributed by atoms with van der Waals surface area (Å²) in [5.74, 6) is 0. The van der Waals surface area contributed by atoms with E-state index in [0.717, 1.165) is 13.1 Å². The SMILES string of the molecule is NC1CC12CC[N]CC2. The average Bonchev–Trinajstić information content (AvgIpc) is 2.44. The maximum atomic E-state index is 5.79. The van der Waals surface area contributed by atoms with Gasteiger partial charge in [0.25, 0.3) is 0 Å². The van der Waals surface area contributed by atoms with Gasteiger partial charge in [-0.3, -0.25) is 0 Å². The molecule has 1 spiro atoms. The molecule has 2 heteroatoms. The minimum atomic E-state index is 0.521. The quantitative estimate of drug-likeness (QED) is 0.490. The van der Waals surface area contributed by atoms with Gasteiger partial charge in [0.1, 0.15) is 0 Å². The summed E-state index contributed by atoms with van der Waals surface area (Å²) in [6, 6.07) is 0.521. The Bertz CT molecular complexity index is 116. The van der Waals surface area contributed by atoms with E-state index >= 15 is 0 Å². The second-order valence-electron chi connectivity index (χ2n) is 3.34. The molecule has 2 N–H and O–H groups in total. The Hall–Kier alpha value is -0.0800. The Labute approximate surface area is 55.8 Å². The standard InChI is InChI=1S/C7H13N2/c8-6-5-7(6)1-3-9-4-2-7/h6H,1-5,8H2. The summed E-state index contributed by atoms with van der Waals surface area (Å²) in [5.41, 5.74) is 6.36. The van der Waals surface area contributed by atoms with Crippen LogP contribution in [0.5, 0.6) is 0 Å². The van der Waals surface area contributed by atoms with Crippen molar-refractivity contribution in [1.29, 1.82) is 0 Å². The van der Waals surface area contributed by atoms with Gasteiger partial charge < -0.3 is 5.73 Å². The minimum Gasteiger partial charge on any atom is -0.327 e. The maximum Gasteiger partial charge on any atom is 0.0139 e. The molecular weight excluding hydrogens is 112 g/mol. The molecule has 9 heavy (non-hydrogen) atoms. The molecule has 2 fully saturated rings. The van der Waals surface area contributed by atoms with Crippen molar-refractivity contribution in [3.8, 4) is 0 Å². The predicted octanol–water partition coefficient (Wildman–Crippen LogP) is 0.102. The lowest BCUT2D eigenvalue weighted by Crippen LogP contribution is -2.27. The normalized spacial score (nSPS) is 39.0. The molecule has 2 aliphatic rings. The molecule has 0 bridgehead atoms. The van der Waals surface area contributed by atoms with Crippen LogP contribution in [0.3, 0.4) is 0 Å². The van der Waals surface area contributed by atoms with Gasteiger partial charge in [-0.2, -0.15) is 0 Å². The molecule has 1 saturated heterocycles. The van der Waals surface area contributed by atoms with Gasteiger partial charge in [0.15, 0.2) is 0 Å². The number of nitrogens with zero attached hydrogens (tertiary/aromatic N) is 1. The van der Waals surface area contributed by atoms with Crippen LogP contribution in [0.25, 0.3) is 0 Å². The van der Waals surface area contributed by atoms with Crippen molar-refractivity contribution in [3.63, 3.8) is 0 Å². The fourth-order valence-corrected chi connectivity index (χ4v) is 1.79. The summed E-state index contributed by atoms with van der Waals surface area (Å²) in [6.07, 6.45) is 3.78. The lowest BCUT2D eigenvalue weighted by Gasteiger charge is -2.20. The molecule has 0 amide bonds. The molecule has 1 aliphatic carbocycles. The molecule has 0 aromatic rings. The van der Waals surface area contributed by atoms with E-state index in [-0.39, 0.29) is 0 Å². The van der Waals surface area contributed by atoms with Gasteiger partial charge in [-0.1, -0.05) is 0 Å². The lowest BCUT2D eigenvalue weighted by molar-refractivity contribution is 0.338. The van der Waals surface area contributed by atoms with E-state index in [4.69, 9.17) is 5.73 Å². The Kier molecular flexibility index (Phi) is 1.08. The Morgan fingerprint density at radius 1 is 1.33 bits per heavy atom. The van der Waals surface area contributed by atoms with Crippen LogP contribution in [0.15, 0.2) is 0 Å². The van der Waals surface area contributed by atoms with Crippen LogP contribution in [0, 0.1) is 5.41 Å². The van der Waals surface area contributed by atoms with Gasteiger partial charge in [0.05, 0.1) is 0 Å². The number of nitrogens with two attached hydrogens (primary N) is 1. The zero-order valence-electron chi connectivity index (χ0n) is 5.64. The number of hydrogen-bond donors (Lipinski definition) is 1. The third kappa shape index (κ3) is 0.775. The van der Waals surface area contributed by atoms with E-state index in [9.17, 15) is 0 Å². The summed E-state index contributed by atoms with van der Waals surface area (Å²) in [5, 5.41) is 4.29. The molecule has 0 aromatic carbocycles. The molecule has 51 valence electrons. The van der Waals surface area contributed by atoms with E-state index in [1.165, 1.54) is 19.3 Å². The van der Waals surface area contributed by atoms with Crippen LogP contribution in [-0.2, 0) is 0 Å². The molecule has 0 aromatic heterocycles. The van der Waals surface area contributed by atoms with Crippen LogP contribution < -0.4 is 11.1 Å². The summed E-state index contributed by atoms with van der Waals surface area (Å²) in [7, 11) is 0. The van der Waals surface area contributed by atoms with Crippen molar-refractivity contribution in [1.82, 2.24) is 5.32 Å². The molecule has 1 saturated carbocycles. The summed E-state index contributed by atoms with van der Waals surface area (Å²) >= 11 is 0. The first-order valence-corrected chi connectivity index (χ1v) is 3.72. The number of hydrogen-bond acceptors (Lipinski definition) is 1. The van der Waals surface area contributed by atoms with Crippen molar-refractivity contribution in [2.24, 2.45) is 11.1 Å². The smallest absolute Gasteiger partial charge is 0.0139 e. The van der Waals surface area contributed by atoms with Crippen LogP contribution in [0.2, 0.25) is 0 Å². The second-order valence-corrected chi connectivity index (χ2v) is 3.34. The Morgan fingerprint density at radius 2 is 1.89 bits per heavy atom. The van der Waals surface area contributed by atoms with Crippen molar-refractivity contribution >= 4 is 0 Å². The van der Waals surface area contributed by atoms with E-state index in [0.29, 0.717) is 11.5 Å². The van der Waals surface area contributed by atoms with Gasteiger partial charge in [-0.25, -0.2) is 5.32 Å². The minimum absolute atomic E-state index is 0.521. The van der Waals surface area contributed by atoms with Crippen molar-refractivity contribution < 1.29 is 0 Å². The monoisotopic (exact) mass is 125 g/mol. The topological polar surface area (TPSA) is 40.1 Å². The maximum absolute atomic E-state index is 5.79. The zero-order valence-corrected chi connectivity index (χ0v) is 5.64. The average molecular weight is 125 g/mol. The molecule has 2 nitrogen and oxygen atoms in total. The summed E-state index contributed by atoms with van der Waals surface area (Å²) in [4.78, 5) is 0. The highest BCUT2D eigenvalue weighted by Crippen LogP contribution is 2.51. The highest BCUT2D eigenvalue weighted by atomic mass is 14.9. The van der Waals surface area contributed by atoms with Crippen LogP contribution in [-0.4, -0.2) is 19.1 Å². The predicted molar refractivity (Wildman–Crippen MR) is 36.1 cm³/mol. The molecule has 2 rings (SSSR count). The Balaban J connectivity index is 1.97. The third-order valence-corrected chi connectivity index (χ3v) is 2.79. The molecule has 1 radical (unpaired) electrons. The zero-order chi connectivity index (χ0) is 6.32. The summed E-state index contributed by atoms with van der Waals surface area (Å²) in [6.45, 7) is 2.13. The van der Waals surface area contributed by atoms with Crippen LogP contribution in [0.1, 0.15) is 19.3 Å². The largest absolute Gasteiger partial charge is 0.327 e. The van der Waals surface area contributed by atoms with Gasteiger partial charge in [-0.05, 0) is 24.7 Å². The second kappa shape index (κ2) is 1.70. The van der Waals surface area contributed by atoms with Gasteiger partial charge in [-0.15, -0.1) is 0 Å². The highest BCUT2D eigenvalue weighted by molar-refractivity contribution is 5.07. The Morgan fingerprint density at radius 3 is 2.22 bits per heavy atom. The fourth-order valence-electron chi connectivity index (χ4n) is 1.79. The van der Waals surface area contributed by atoms with Crippen LogP contribution in [0.4, 0.5) is 0 Å². The fraction of sp³-hybridized carbons (Fsp3) is 1.00. The molecule has 1 atom stereocenters. The number of rotatable bonds is 0. The molecule has 1 aliphatic heterocycles. The first kappa shape index (κ1) is 5.69. The van der Waals surface area contributed by atoms with Crippen LogP contribution >= 0.6 is 0 Å². The third-order valence-electron chi connectivity index (χ3n) is 2.79. The van der Waals surface area contributed by atoms with Crippen molar-refractivity contribution in [2.75, 3.05) is 13.1 Å². The van der Waals surface area contributed by atoms with E-state index in [1.54, 1.807) is 0 Å². The van der Waals surface area contributed by atoms with E-state index < -0.39 is 0 Å². The lowest BCUT2D eigenvalue weighted by atomic mass is 9.94. The van der Waals surface area contributed by atoms with Gasteiger partial charge in [0.2, 0.25) is 0 Å². The molecule has 1 heterocycles. The van der Waals surface area contributed by atoms with E-state index in [2.05, 4.69) is 5.32 Å². The first-order chi connectivity index (χ1) is 4.33. The van der Waals surface area contributed by atoms with Crippen molar-refractivity contribution in [2.45, 2.75) is 25.3 Å². The first-order valence-electron chi connectivity index (χ1n) is 3.72. The molecular formula is C7H13N2. The van der Waals surface area contributed by atoms with Crippen molar-refractivity contribution in [3.05, 3.63) is 0 Å². The molecule has 1 unspecified atom stereocenters. The summed E-state index contributed by atoms with van der Waals surface area (Å²) < 4.78 is 0. The number of piperidine rings is 1. The van der Waals surface area contributed by atoms with E-state index in [1.807, 2.05) is 0 Å². The highest BCUT2D eigenvalue weighted by Gasteiger charge is 2.51. The van der Waals surface area contributed by atoms with Gasteiger partial charge >= 0.3 is 0 Å².